The lowest BCUT2D eigenvalue weighted by molar-refractivity contribution is -0.124. The second-order valence-corrected chi connectivity index (χ2v) is 5.56. The molecule has 4 rings (SSSR count). The first-order chi connectivity index (χ1) is 6.72. The molecule has 6 unspecified atom stereocenters. The van der Waals surface area contributed by atoms with E-state index in [9.17, 15) is 9.90 Å². The van der Waals surface area contributed by atoms with Crippen molar-refractivity contribution in [3.05, 3.63) is 0 Å². The fourth-order valence-corrected chi connectivity index (χ4v) is 4.54. The highest BCUT2D eigenvalue weighted by Crippen LogP contribution is 2.65. The number of carbonyl (C=O) groups excluding carboxylic acids is 1. The van der Waals surface area contributed by atoms with Gasteiger partial charge < -0.3 is 5.11 Å². The van der Waals surface area contributed by atoms with Crippen LogP contribution in [0.1, 0.15) is 25.7 Å². The minimum Gasteiger partial charge on any atom is -0.393 e. The zero-order valence-electron chi connectivity index (χ0n) is 8.15. The number of aliphatic hydroxyl groups is 1. The lowest BCUT2D eigenvalue weighted by Crippen LogP contribution is -2.35. The third-order valence-corrected chi connectivity index (χ3v) is 5.10. The van der Waals surface area contributed by atoms with Crippen LogP contribution in [0.2, 0.25) is 0 Å². The molecule has 4 fully saturated rings. The number of fused-ring (bicyclic) bond motifs is 2. The maximum atomic E-state index is 11.7. The maximum Gasteiger partial charge on any atom is 0.150 e. The number of piperidine rings is 1. The summed E-state index contributed by atoms with van der Waals surface area (Å²) in [5.41, 5.74) is 0.387. The van der Waals surface area contributed by atoms with Crippen LogP contribution in [-0.2, 0) is 4.79 Å². The number of ketones is 1. The van der Waals surface area contributed by atoms with E-state index >= 15 is 0 Å². The van der Waals surface area contributed by atoms with E-state index in [1.165, 1.54) is 0 Å². The minimum absolute atomic E-state index is 0.102. The van der Waals surface area contributed by atoms with Gasteiger partial charge in [-0.1, -0.05) is 0 Å². The smallest absolute Gasteiger partial charge is 0.150 e. The molecular formula is C11H15NO2. The number of hydrogen-bond donors (Lipinski definition) is 1. The van der Waals surface area contributed by atoms with Crippen LogP contribution in [-0.4, -0.2) is 40.0 Å². The van der Waals surface area contributed by atoms with E-state index < -0.39 is 0 Å². The Balaban J connectivity index is 1.77. The largest absolute Gasteiger partial charge is 0.393 e. The summed E-state index contributed by atoms with van der Waals surface area (Å²) in [6, 6.07) is 0.549. The van der Waals surface area contributed by atoms with Gasteiger partial charge >= 0.3 is 0 Å². The van der Waals surface area contributed by atoms with Crippen molar-refractivity contribution in [3.63, 3.8) is 0 Å². The van der Waals surface area contributed by atoms with Gasteiger partial charge in [-0.3, -0.25) is 9.69 Å². The number of aliphatic hydroxyl groups excluding tert-OH is 1. The van der Waals surface area contributed by atoms with Crippen LogP contribution in [0.3, 0.4) is 0 Å². The van der Waals surface area contributed by atoms with Gasteiger partial charge in [-0.2, -0.15) is 0 Å². The maximum absolute atomic E-state index is 11.7. The summed E-state index contributed by atoms with van der Waals surface area (Å²) in [6.45, 7) is 0.679. The lowest BCUT2D eigenvalue weighted by Gasteiger charge is -2.27. The van der Waals surface area contributed by atoms with Crippen molar-refractivity contribution < 1.29 is 9.90 Å². The van der Waals surface area contributed by atoms with Gasteiger partial charge in [0, 0.05) is 17.5 Å². The Morgan fingerprint density at radius 2 is 2.21 bits per heavy atom. The average Bonchev–Trinajstić information content (AvgIpc) is 2.65. The lowest BCUT2D eigenvalue weighted by atomic mass is 9.80. The Morgan fingerprint density at radius 3 is 3.07 bits per heavy atom. The van der Waals surface area contributed by atoms with Crippen LogP contribution in [0.15, 0.2) is 0 Å². The summed E-state index contributed by atoms with van der Waals surface area (Å²) >= 11 is 0. The van der Waals surface area contributed by atoms with Gasteiger partial charge in [0.25, 0.3) is 0 Å². The minimum atomic E-state index is -0.102. The van der Waals surface area contributed by atoms with Gasteiger partial charge in [0.15, 0.2) is 0 Å². The van der Waals surface area contributed by atoms with Crippen LogP contribution in [0.5, 0.6) is 0 Å². The molecule has 2 aliphatic carbocycles. The highest BCUT2D eigenvalue weighted by atomic mass is 16.3. The SMILES string of the molecule is O=C1CN2C3CC(O)CC4CC1CC432. The topological polar surface area (TPSA) is 40.3 Å². The zero-order valence-corrected chi connectivity index (χ0v) is 8.15. The van der Waals surface area contributed by atoms with Crippen molar-refractivity contribution in [2.24, 2.45) is 11.8 Å². The van der Waals surface area contributed by atoms with E-state index in [1.54, 1.807) is 0 Å². The fourth-order valence-electron chi connectivity index (χ4n) is 4.54. The molecule has 1 N–H and O–H groups in total. The van der Waals surface area contributed by atoms with Crippen LogP contribution in [0, 0.1) is 11.8 Å². The third-order valence-electron chi connectivity index (χ3n) is 5.10. The first kappa shape index (κ1) is 7.83. The molecule has 0 amide bonds. The van der Waals surface area contributed by atoms with Crippen molar-refractivity contribution in [3.8, 4) is 0 Å². The molecular weight excluding hydrogens is 178 g/mol. The highest BCUT2D eigenvalue weighted by molar-refractivity contribution is 5.86. The summed E-state index contributed by atoms with van der Waals surface area (Å²) in [4.78, 5) is 14.1. The number of rotatable bonds is 0. The summed E-state index contributed by atoms with van der Waals surface area (Å²) in [6.07, 6.45) is 3.92. The first-order valence-corrected chi connectivity index (χ1v) is 5.69. The summed E-state index contributed by atoms with van der Waals surface area (Å²) in [5.74, 6) is 1.42. The average molecular weight is 193 g/mol. The molecule has 3 heteroatoms. The van der Waals surface area contributed by atoms with Crippen molar-refractivity contribution in [1.82, 2.24) is 4.90 Å². The number of Topliss-reactive ketones (excluding diaryl/α,β-unsaturated/α-hetero) is 1. The van der Waals surface area contributed by atoms with E-state index in [0.29, 0.717) is 35.7 Å². The third kappa shape index (κ3) is 0.654. The second-order valence-electron chi connectivity index (χ2n) is 5.56. The summed E-state index contributed by atoms with van der Waals surface area (Å²) < 4.78 is 0. The molecule has 76 valence electrons. The monoisotopic (exact) mass is 193 g/mol. The van der Waals surface area contributed by atoms with Crippen LogP contribution >= 0.6 is 0 Å². The number of carbonyl (C=O) groups is 1. The Labute approximate surface area is 83.1 Å². The fraction of sp³-hybridized carbons (Fsp3) is 0.909. The molecule has 0 aromatic heterocycles. The van der Waals surface area contributed by atoms with Gasteiger partial charge in [-0.15, -0.1) is 0 Å². The molecule has 4 aliphatic rings. The number of nitrogens with zero attached hydrogens (tertiary/aromatic N) is 1. The zero-order chi connectivity index (χ0) is 9.50. The van der Waals surface area contributed by atoms with Crippen molar-refractivity contribution in [2.75, 3.05) is 6.54 Å². The van der Waals surface area contributed by atoms with Crippen LogP contribution in [0.4, 0.5) is 0 Å². The highest BCUT2D eigenvalue weighted by Gasteiger charge is 2.74. The van der Waals surface area contributed by atoms with Gasteiger partial charge in [0.2, 0.25) is 0 Å². The molecule has 2 saturated carbocycles. The summed E-state index contributed by atoms with van der Waals surface area (Å²) in [5, 5.41) is 9.73. The van der Waals surface area contributed by atoms with Crippen molar-refractivity contribution >= 4 is 5.78 Å². The predicted molar refractivity (Wildman–Crippen MR) is 49.7 cm³/mol. The van der Waals surface area contributed by atoms with Gasteiger partial charge in [-0.05, 0) is 31.6 Å². The summed E-state index contributed by atoms with van der Waals surface area (Å²) in [7, 11) is 0. The molecule has 0 aromatic carbocycles. The molecule has 2 saturated heterocycles. The molecule has 1 spiro atoms. The Morgan fingerprint density at radius 1 is 1.36 bits per heavy atom. The van der Waals surface area contributed by atoms with Crippen LogP contribution in [0.25, 0.3) is 0 Å². The molecule has 0 radical (unpaired) electrons. The molecule has 6 atom stereocenters. The van der Waals surface area contributed by atoms with E-state index in [0.717, 1.165) is 25.7 Å². The van der Waals surface area contributed by atoms with Gasteiger partial charge in [0.1, 0.15) is 5.78 Å². The van der Waals surface area contributed by atoms with Crippen molar-refractivity contribution in [2.45, 2.75) is 43.4 Å². The molecule has 0 aromatic rings. The van der Waals surface area contributed by atoms with E-state index in [2.05, 4.69) is 4.90 Å². The van der Waals surface area contributed by atoms with Crippen LogP contribution < -0.4 is 0 Å². The standard InChI is InChI=1S/C11H15NO2/c13-8-2-7-1-6-4-11(7)10(3-8)12(11)5-9(6)14/h6-8,10,13H,1-5H2. The van der Waals surface area contributed by atoms with Crippen molar-refractivity contribution in [1.29, 1.82) is 0 Å². The normalized spacial score (nSPS) is 63.8. The second kappa shape index (κ2) is 2.07. The molecule has 2 bridgehead atoms. The van der Waals surface area contributed by atoms with E-state index in [1.807, 2.05) is 0 Å². The van der Waals surface area contributed by atoms with Gasteiger partial charge in [0.05, 0.1) is 12.6 Å². The first-order valence-electron chi connectivity index (χ1n) is 5.69. The molecule has 2 heterocycles. The molecule has 2 aliphatic heterocycles. The Kier molecular flexibility index (Phi) is 1.16. The Bertz CT molecular complexity index is 329. The molecule has 3 nitrogen and oxygen atoms in total. The van der Waals surface area contributed by atoms with Gasteiger partial charge in [-0.25, -0.2) is 0 Å². The predicted octanol–water partition coefficient (Wildman–Crippen LogP) is 0.173. The van der Waals surface area contributed by atoms with E-state index in [-0.39, 0.29) is 6.10 Å². The Hall–Kier alpha value is -0.410. The molecule has 14 heavy (non-hydrogen) atoms. The van der Waals surface area contributed by atoms with E-state index in [4.69, 9.17) is 0 Å². The number of hydrogen-bond acceptors (Lipinski definition) is 3. The quantitative estimate of drug-likeness (QED) is 0.558.